The van der Waals surface area contributed by atoms with Crippen molar-refractivity contribution in [1.29, 1.82) is 0 Å². The highest BCUT2D eigenvalue weighted by molar-refractivity contribution is 9.11. The number of carbonyl (C=O) groups excluding carboxylic acids is 1. The van der Waals surface area contributed by atoms with Crippen molar-refractivity contribution in [3.05, 3.63) is 14.9 Å². The van der Waals surface area contributed by atoms with Crippen LogP contribution in [-0.2, 0) is 14.8 Å². The van der Waals surface area contributed by atoms with Crippen molar-refractivity contribution in [2.75, 3.05) is 19.6 Å². The van der Waals surface area contributed by atoms with Crippen molar-refractivity contribution in [2.45, 2.75) is 18.1 Å². The van der Waals surface area contributed by atoms with Gasteiger partial charge in [-0.15, -0.1) is 11.3 Å². The van der Waals surface area contributed by atoms with Gasteiger partial charge in [0.25, 0.3) is 10.0 Å². The van der Waals surface area contributed by atoms with Crippen molar-refractivity contribution >= 4 is 54.8 Å². The molecule has 0 aliphatic heterocycles. The van der Waals surface area contributed by atoms with Crippen LogP contribution in [0.5, 0.6) is 0 Å². The highest BCUT2D eigenvalue weighted by atomic mass is 79.9. The summed E-state index contributed by atoms with van der Waals surface area (Å²) in [5.41, 5.74) is 0. The molecule has 0 saturated heterocycles. The Morgan fingerprint density at radius 2 is 2.16 bits per heavy atom. The molecule has 1 amide bonds. The standard InChI is InChI=1S/C10H14BrClN2O3S2/c1-3-13-8(15)6-14(4-2)19(16,17)9-5-7(12)10(11)18-9/h5H,3-4,6H2,1-2H3,(H,13,15). The molecule has 1 N–H and O–H groups in total. The molecule has 19 heavy (non-hydrogen) atoms. The first kappa shape index (κ1) is 16.9. The van der Waals surface area contributed by atoms with Crippen LogP contribution in [0.1, 0.15) is 13.8 Å². The van der Waals surface area contributed by atoms with Crippen LogP contribution in [0.15, 0.2) is 14.1 Å². The molecule has 1 heterocycles. The van der Waals surface area contributed by atoms with Gasteiger partial charge in [-0.25, -0.2) is 8.42 Å². The smallest absolute Gasteiger partial charge is 0.253 e. The molecule has 5 nitrogen and oxygen atoms in total. The molecule has 0 fully saturated rings. The average Bonchev–Trinajstić information content (AvgIpc) is 2.67. The normalized spacial score (nSPS) is 11.8. The number of carbonyl (C=O) groups is 1. The SMILES string of the molecule is CCNC(=O)CN(CC)S(=O)(=O)c1cc(Cl)c(Br)s1. The third-order valence-electron chi connectivity index (χ3n) is 2.26. The summed E-state index contributed by atoms with van der Waals surface area (Å²) in [5.74, 6) is -0.324. The minimum absolute atomic E-state index is 0.121. The maximum atomic E-state index is 12.3. The first-order chi connectivity index (χ1) is 8.82. The summed E-state index contributed by atoms with van der Waals surface area (Å²) in [5, 5.41) is 2.92. The Bertz CT molecular complexity index is 540. The van der Waals surface area contributed by atoms with Crippen LogP contribution < -0.4 is 5.32 Å². The van der Waals surface area contributed by atoms with E-state index < -0.39 is 10.0 Å². The molecule has 0 atom stereocenters. The summed E-state index contributed by atoms with van der Waals surface area (Å²) in [6, 6.07) is 1.38. The van der Waals surface area contributed by atoms with Gasteiger partial charge in [0.2, 0.25) is 5.91 Å². The molecule has 0 spiro atoms. The number of nitrogens with zero attached hydrogens (tertiary/aromatic N) is 1. The minimum Gasteiger partial charge on any atom is -0.355 e. The number of thiophene rings is 1. The predicted molar refractivity (Wildman–Crippen MR) is 80.1 cm³/mol. The van der Waals surface area contributed by atoms with E-state index in [0.29, 0.717) is 15.4 Å². The van der Waals surface area contributed by atoms with Crippen LogP contribution in [0.2, 0.25) is 5.02 Å². The van der Waals surface area contributed by atoms with Gasteiger partial charge < -0.3 is 5.32 Å². The average molecular weight is 390 g/mol. The third-order valence-corrected chi connectivity index (χ3v) is 7.11. The van der Waals surface area contributed by atoms with E-state index in [1.165, 1.54) is 6.07 Å². The van der Waals surface area contributed by atoms with E-state index in [9.17, 15) is 13.2 Å². The third kappa shape index (κ3) is 4.16. The van der Waals surface area contributed by atoms with Crippen LogP contribution >= 0.6 is 38.9 Å². The Labute approximate surface area is 130 Å². The van der Waals surface area contributed by atoms with Crippen molar-refractivity contribution < 1.29 is 13.2 Å². The summed E-state index contributed by atoms with van der Waals surface area (Å²) < 4.78 is 26.5. The van der Waals surface area contributed by atoms with Gasteiger partial charge in [-0.05, 0) is 28.9 Å². The van der Waals surface area contributed by atoms with E-state index >= 15 is 0 Å². The Hall–Kier alpha value is -0.150. The molecule has 0 aliphatic carbocycles. The molecular formula is C10H14BrClN2O3S2. The monoisotopic (exact) mass is 388 g/mol. The van der Waals surface area contributed by atoms with Crippen LogP contribution in [0, 0.1) is 0 Å². The molecule has 1 aromatic rings. The van der Waals surface area contributed by atoms with Crippen LogP contribution in [0.25, 0.3) is 0 Å². The maximum absolute atomic E-state index is 12.3. The Morgan fingerprint density at radius 3 is 2.58 bits per heavy atom. The molecule has 1 rings (SSSR count). The highest BCUT2D eigenvalue weighted by Gasteiger charge is 2.27. The lowest BCUT2D eigenvalue weighted by Gasteiger charge is -2.18. The lowest BCUT2D eigenvalue weighted by atomic mass is 10.5. The molecule has 0 unspecified atom stereocenters. The van der Waals surface area contributed by atoms with E-state index in [1.54, 1.807) is 13.8 Å². The summed E-state index contributed by atoms with van der Waals surface area (Å²) in [4.78, 5) is 11.5. The molecule has 0 bridgehead atoms. The molecule has 0 aromatic carbocycles. The number of hydrogen-bond acceptors (Lipinski definition) is 4. The summed E-state index contributed by atoms with van der Waals surface area (Å²) in [6.07, 6.45) is 0. The first-order valence-corrected chi connectivity index (χ1v) is 8.97. The van der Waals surface area contributed by atoms with E-state index in [1.807, 2.05) is 0 Å². The fourth-order valence-corrected chi connectivity index (χ4v) is 5.32. The van der Waals surface area contributed by atoms with Gasteiger partial charge in [0.05, 0.1) is 15.4 Å². The van der Waals surface area contributed by atoms with E-state index in [2.05, 4.69) is 21.2 Å². The van der Waals surface area contributed by atoms with E-state index in [4.69, 9.17) is 11.6 Å². The van der Waals surface area contributed by atoms with Gasteiger partial charge >= 0.3 is 0 Å². The highest BCUT2D eigenvalue weighted by Crippen LogP contribution is 2.35. The summed E-state index contributed by atoms with van der Waals surface area (Å²) in [7, 11) is -3.69. The second kappa shape index (κ2) is 7.03. The van der Waals surface area contributed by atoms with E-state index in [0.717, 1.165) is 15.6 Å². The molecule has 0 aliphatic rings. The quantitative estimate of drug-likeness (QED) is 0.812. The zero-order valence-electron chi connectivity index (χ0n) is 10.4. The zero-order chi connectivity index (χ0) is 14.6. The predicted octanol–water partition coefficient (Wildman–Crippen LogP) is 2.31. The fourth-order valence-electron chi connectivity index (χ4n) is 1.36. The van der Waals surface area contributed by atoms with Crippen LogP contribution in [0.3, 0.4) is 0 Å². The summed E-state index contributed by atoms with van der Waals surface area (Å²) in [6.45, 7) is 3.94. The van der Waals surface area contributed by atoms with Gasteiger partial charge in [0, 0.05) is 13.1 Å². The zero-order valence-corrected chi connectivity index (χ0v) is 14.4. The van der Waals surface area contributed by atoms with Crippen molar-refractivity contribution in [3.8, 4) is 0 Å². The van der Waals surface area contributed by atoms with Crippen LogP contribution in [0.4, 0.5) is 0 Å². The number of amides is 1. The Kier molecular flexibility index (Phi) is 6.25. The molecule has 0 saturated carbocycles. The number of sulfonamides is 1. The second-order valence-corrected chi connectivity index (χ2v) is 8.51. The molecule has 108 valence electrons. The largest absolute Gasteiger partial charge is 0.355 e. The van der Waals surface area contributed by atoms with Gasteiger partial charge in [0.15, 0.2) is 0 Å². The Morgan fingerprint density at radius 1 is 1.53 bits per heavy atom. The van der Waals surface area contributed by atoms with E-state index in [-0.39, 0.29) is 23.2 Å². The minimum atomic E-state index is -3.69. The number of halogens is 2. The van der Waals surface area contributed by atoms with Crippen molar-refractivity contribution in [2.24, 2.45) is 0 Å². The number of hydrogen-bond donors (Lipinski definition) is 1. The van der Waals surface area contributed by atoms with Gasteiger partial charge in [-0.3, -0.25) is 4.79 Å². The maximum Gasteiger partial charge on any atom is 0.253 e. The lowest BCUT2D eigenvalue weighted by molar-refractivity contribution is -0.121. The first-order valence-electron chi connectivity index (χ1n) is 5.54. The van der Waals surface area contributed by atoms with Gasteiger partial charge in [-0.2, -0.15) is 4.31 Å². The number of likely N-dealkylation sites (N-methyl/N-ethyl adjacent to an activating group) is 2. The second-order valence-electron chi connectivity index (χ2n) is 3.57. The van der Waals surface area contributed by atoms with Gasteiger partial charge in [-0.1, -0.05) is 18.5 Å². The number of rotatable bonds is 6. The summed E-state index contributed by atoms with van der Waals surface area (Å²) >= 11 is 10.0. The molecular weight excluding hydrogens is 376 g/mol. The van der Waals surface area contributed by atoms with Crippen molar-refractivity contribution in [3.63, 3.8) is 0 Å². The molecule has 0 radical (unpaired) electrons. The molecule has 1 aromatic heterocycles. The number of nitrogens with one attached hydrogen (secondary N) is 1. The Balaban J connectivity index is 2.99. The fraction of sp³-hybridized carbons (Fsp3) is 0.500. The lowest BCUT2D eigenvalue weighted by Crippen LogP contribution is -2.40. The van der Waals surface area contributed by atoms with Crippen LogP contribution in [-0.4, -0.2) is 38.3 Å². The van der Waals surface area contributed by atoms with Crippen molar-refractivity contribution in [1.82, 2.24) is 9.62 Å². The van der Waals surface area contributed by atoms with Gasteiger partial charge in [0.1, 0.15) is 4.21 Å². The topological polar surface area (TPSA) is 66.5 Å². The molecule has 9 heteroatoms.